The Bertz CT molecular complexity index is 385. The predicted molar refractivity (Wildman–Crippen MR) is 69.1 cm³/mol. The summed E-state index contributed by atoms with van der Waals surface area (Å²) in [6.45, 7) is 3.95. The highest BCUT2D eigenvalue weighted by Crippen LogP contribution is 2.23. The van der Waals surface area contributed by atoms with Gasteiger partial charge in [0.1, 0.15) is 0 Å². The molecule has 0 fully saturated rings. The number of carbonyl (C=O) groups excluding carboxylic acids is 1. The molecule has 1 rings (SSSR count). The second-order valence-electron chi connectivity index (χ2n) is 4.49. The molecule has 0 spiro atoms. The van der Waals surface area contributed by atoms with Crippen LogP contribution in [-0.4, -0.2) is 30.6 Å². The fourth-order valence-corrected chi connectivity index (χ4v) is 2.01. The fraction of sp³-hybridized carbons (Fsp3) is 0.417. The van der Waals surface area contributed by atoms with Crippen LogP contribution in [0.1, 0.15) is 24.2 Å². The molecule has 0 saturated carbocycles. The van der Waals surface area contributed by atoms with Gasteiger partial charge in [0.15, 0.2) is 6.29 Å². The van der Waals surface area contributed by atoms with E-state index in [0.717, 1.165) is 16.4 Å². The number of halogens is 1. The molecule has 3 nitrogen and oxygen atoms in total. The minimum Gasteiger partial charge on any atom is -0.389 e. The largest absolute Gasteiger partial charge is 0.389 e. The Morgan fingerprint density at radius 1 is 1.50 bits per heavy atom. The number of benzene rings is 1. The molecule has 0 saturated heterocycles. The Hall–Kier alpha value is -0.870. The Kier molecular flexibility index (Phi) is 4.10. The maximum Gasteiger partial charge on any atom is 0.152 e. The molecule has 0 amide bonds. The first-order valence-electron chi connectivity index (χ1n) is 5.02. The highest BCUT2D eigenvalue weighted by molar-refractivity contribution is 9.10. The Labute approximate surface area is 104 Å². The number of aldehydes is 1. The monoisotopic (exact) mass is 285 g/mol. The van der Waals surface area contributed by atoms with E-state index in [-0.39, 0.29) is 0 Å². The van der Waals surface area contributed by atoms with Crippen LogP contribution in [-0.2, 0) is 0 Å². The molecule has 4 heteroatoms. The number of hydrogen-bond donors (Lipinski definition) is 1. The topological polar surface area (TPSA) is 40.5 Å². The Morgan fingerprint density at radius 3 is 2.62 bits per heavy atom. The van der Waals surface area contributed by atoms with Crippen LogP contribution in [0.3, 0.4) is 0 Å². The van der Waals surface area contributed by atoms with Crippen molar-refractivity contribution < 1.29 is 9.90 Å². The highest BCUT2D eigenvalue weighted by Gasteiger charge is 2.17. The molecule has 0 atom stereocenters. The van der Waals surface area contributed by atoms with Crippen LogP contribution >= 0.6 is 15.9 Å². The summed E-state index contributed by atoms with van der Waals surface area (Å²) >= 11 is 3.32. The van der Waals surface area contributed by atoms with Gasteiger partial charge >= 0.3 is 0 Å². The van der Waals surface area contributed by atoms with E-state index in [4.69, 9.17) is 0 Å². The summed E-state index contributed by atoms with van der Waals surface area (Å²) in [5.74, 6) is 0. The highest BCUT2D eigenvalue weighted by atomic mass is 79.9. The summed E-state index contributed by atoms with van der Waals surface area (Å²) in [5, 5.41) is 9.73. The van der Waals surface area contributed by atoms with Gasteiger partial charge in [-0.05, 0) is 32.0 Å². The van der Waals surface area contributed by atoms with E-state index in [1.54, 1.807) is 19.9 Å². The molecule has 1 aromatic carbocycles. The van der Waals surface area contributed by atoms with Crippen LogP contribution in [0, 0.1) is 0 Å². The van der Waals surface area contributed by atoms with Crippen LogP contribution < -0.4 is 4.90 Å². The third-order valence-corrected chi connectivity index (χ3v) is 2.65. The second kappa shape index (κ2) is 4.97. The van der Waals surface area contributed by atoms with E-state index in [1.807, 2.05) is 24.1 Å². The molecule has 16 heavy (non-hydrogen) atoms. The van der Waals surface area contributed by atoms with Crippen molar-refractivity contribution in [2.45, 2.75) is 19.4 Å². The van der Waals surface area contributed by atoms with Crippen molar-refractivity contribution in [3.05, 3.63) is 28.2 Å². The third-order valence-electron chi connectivity index (χ3n) is 2.15. The second-order valence-corrected chi connectivity index (χ2v) is 5.41. The van der Waals surface area contributed by atoms with Gasteiger partial charge in [0, 0.05) is 29.3 Å². The van der Waals surface area contributed by atoms with Gasteiger partial charge in [-0.3, -0.25) is 4.79 Å². The molecule has 1 N–H and O–H groups in total. The van der Waals surface area contributed by atoms with Crippen LogP contribution in [0.2, 0.25) is 0 Å². The van der Waals surface area contributed by atoms with Crippen molar-refractivity contribution in [2.75, 3.05) is 18.5 Å². The summed E-state index contributed by atoms with van der Waals surface area (Å²) in [5.41, 5.74) is 0.642. The van der Waals surface area contributed by atoms with Crippen LogP contribution in [0.25, 0.3) is 0 Å². The van der Waals surface area contributed by atoms with E-state index >= 15 is 0 Å². The molecule has 0 aliphatic heterocycles. The quantitative estimate of drug-likeness (QED) is 0.864. The average molecular weight is 286 g/mol. The van der Waals surface area contributed by atoms with Crippen molar-refractivity contribution in [1.82, 2.24) is 0 Å². The fourth-order valence-electron chi connectivity index (χ4n) is 1.63. The van der Waals surface area contributed by atoms with Gasteiger partial charge in [0.05, 0.1) is 5.60 Å². The lowest BCUT2D eigenvalue weighted by Gasteiger charge is -2.28. The summed E-state index contributed by atoms with van der Waals surface area (Å²) in [6.07, 6.45) is 0.820. The van der Waals surface area contributed by atoms with Gasteiger partial charge in [0.25, 0.3) is 0 Å². The average Bonchev–Trinajstić information content (AvgIpc) is 2.14. The van der Waals surface area contributed by atoms with E-state index < -0.39 is 5.60 Å². The molecule has 0 aromatic heterocycles. The molecule has 88 valence electrons. The lowest BCUT2D eigenvalue weighted by Crippen LogP contribution is -2.36. The van der Waals surface area contributed by atoms with Crippen molar-refractivity contribution in [3.8, 4) is 0 Å². The van der Waals surface area contributed by atoms with Gasteiger partial charge in [-0.2, -0.15) is 0 Å². The molecule has 0 bridgehead atoms. The molecule has 0 aliphatic rings. The normalized spacial score (nSPS) is 11.3. The first kappa shape index (κ1) is 13.2. The SMILES string of the molecule is CN(CC(C)(C)O)c1ccc(Br)cc1C=O. The lowest BCUT2D eigenvalue weighted by molar-refractivity contribution is 0.0884. The zero-order chi connectivity index (χ0) is 12.3. The van der Waals surface area contributed by atoms with Crippen molar-refractivity contribution in [3.63, 3.8) is 0 Å². The number of aliphatic hydroxyl groups is 1. The first-order valence-corrected chi connectivity index (χ1v) is 5.81. The third kappa shape index (κ3) is 3.61. The van der Waals surface area contributed by atoms with Crippen molar-refractivity contribution in [1.29, 1.82) is 0 Å². The number of anilines is 1. The predicted octanol–water partition coefficient (Wildman–Crippen LogP) is 2.47. The van der Waals surface area contributed by atoms with Gasteiger partial charge in [-0.15, -0.1) is 0 Å². The number of hydrogen-bond acceptors (Lipinski definition) is 3. The number of rotatable bonds is 4. The number of carbonyl (C=O) groups is 1. The Morgan fingerprint density at radius 2 is 2.12 bits per heavy atom. The molecule has 0 heterocycles. The molecule has 1 aromatic rings. The van der Waals surface area contributed by atoms with Crippen LogP contribution in [0.5, 0.6) is 0 Å². The summed E-state index contributed by atoms with van der Waals surface area (Å²) < 4.78 is 0.870. The Balaban J connectivity index is 2.99. The maximum atomic E-state index is 10.9. The van der Waals surface area contributed by atoms with Crippen molar-refractivity contribution >= 4 is 27.9 Å². The van der Waals surface area contributed by atoms with Gasteiger partial charge in [-0.1, -0.05) is 15.9 Å². The van der Waals surface area contributed by atoms with E-state index in [1.165, 1.54) is 0 Å². The standard InChI is InChI=1S/C12H16BrNO2/c1-12(2,16)8-14(3)11-5-4-10(13)6-9(11)7-15/h4-7,16H,8H2,1-3H3. The molecular formula is C12H16BrNO2. The van der Waals surface area contributed by atoms with E-state index in [2.05, 4.69) is 15.9 Å². The van der Waals surface area contributed by atoms with Crippen LogP contribution in [0.4, 0.5) is 5.69 Å². The molecule has 0 radical (unpaired) electrons. The van der Waals surface area contributed by atoms with Crippen LogP contribution in [0.15, 0.2) is 22.7 Å². The summed E-state index contributed by atoms with van der Waals surface area (Å²) in [4.78, 5) is 12.8. The van der Waals surface area contributed by atoms with E-state index in [9.17, 15) is 9.90 Å². The first-order chi connectivity index (χ1) is 7.33. The number of nitrogens with zero attached hydrogens (tertiary/aromatic N) is 1. The lowest BCUT2D eigenvalue weighted by atomic mass is 10.1. The number of likely N-dealkylation sites (N-methyl/N-ethyl adjacent to an activating group) is 1. The maximum absolute atomic E-state index is 10.9. The minimum absolute atomic E-state index is 0.468. The van der Waals surface area contributed by atoms with Gasteiger partial charge < -0.3 is 10.0 Å². The smallest absolute Gasteiger partial charge is 0.152 e. The zero-order valence-electron chi connectivity index (χ0n) is 9.70. The summed E-state index contributed by atoms with van der Waals surface area (Å²) in [7, 11) is 1.86. The summed E-state index contributed by atoms with van der Waals surface area (Å²) in [6, 6.07) is 5.51. The zero-order valence-corrected chi connectivity index (χ0v) is 11.3. The van der Waals surface area contributed by atoms with Gasteiger partial charge in [0.2, 0.25) is 0 Å². The van der Waals surface area contributed by atoms with E-state index in [0.29, 0.717) is 12.1 Å². The molecule has 0 aliphatic carbocycles. The minimum atomic E-state index is -0.790. The van der Waals surface area contributed by atoms with Gasteiger partial charge in [-0.25, -0.2) is 0 Å². The molecular weight excluding hydrogens is 270 g/mol. The van der Waals surface area contributed by atoms with Crippen molar-refractivity contribution in [2.24, 2.45) is 0 Å². The molecule has 0 unspecified atom stereocenters.